The molecule has 0 N–H and O–H groups in total. The van der Waals surface area contributed by atoms with Gasteiger partial charge >= 0.3 is 0 Å². The summed E-state index contributed by atoms with van der Waals surface area (Å²) >= 11 is 1.70. The third-order valence-electron chi connectivity index (χ3n) is 5.21. The molecule has 0 aliphatic carbocycles. The molecule has 3 heterocycles. The second-order valence-corrected chi connectivity index (χ2v) is 7.67. The van der Waals surface area contributed by atoms with Gasteiger partial charge in [-0.25, -0.2) is 4.98 Å². The van der Waals surface area contributed by atoms with Crippen molar-refractivity contribution in [1.82, 2.24) is 9.88 Å². The van der Waals surface area contributed by atoms with Gasteiger partial charge in [0, 0.05) is 30.4 Å². The number of hydrogen-bond donors (Lipinski definition) is 0. The molecule has 2 saturated heterocycles. The minimum atomic E-state index is 0.295. The zero-order valence-corrected chi connectivity index (χ0v) is 14.8. The van der Waals surface area contributed by atoms with Crippen molar-refractivity contribution in [3.05, 3.63) is 16.1 Å². The first-order valence-corrected chi connectivity index (χ1v) is 9.43. The van der Waals surface area contributed by atoms with Crippen molar-refractivity contribution in [2.75, 3.05) is 26.3 Å². The lowest BCUT2D eigenvalue weighted by Gasteiger charge is -2.26. The Bertz CT molecular complexity index is 475. The Morgan fingerprint density at radius 2 is 2.23 bits per heavy atom. The van der Waals surface area contributed by atoms with Crippen molar-refractivity contribution in [3.63, 3.8) is 0 Å². The molecular weight excluding hydrogens is 296 g/mol. The van der Waals surface area contributed by atoms with E-state index in [1.807, 2.05) is 6.92 Å². The first-order valence-electron chi connectivity index (χ1n) is 8.55. The van der Waals surface area contributed by atoms with Gasteiger partial charge in [-0.1, -0.05) is 26.7 Å². The predicted molar refractivity (Wildman–Crippen MR) is 89.2 cm³/mol. The van der Waals surface area contributed by atoms with E-state index < -0.39 is 0 Å². The van der Waals surface area contributed by atoms with E-state index in [0.29, 0.717) is 24.7 Å². The Kier molecular flexibility index (Phi) is 5.50. The number of aromatic nitrogens is 1. The molecule has 124 valence electrons. The Morgan fingerprint density at radius 3 is 2.91 bits per heavy atom. The highest BCUT2D eigenvalue weighted by Gasteiger charge is 2.46. The van der Waals surface area contributed by atoms with Gasteiger partial charge in [0.15, 0.2) is 0 Å². The maximum absolute atomic E-state index is 6.22. The number of aryl methyl sites for hydroxylation is 1. The third-order valence-corrected chi connectivity index (χ3v) is 6.04. The van der Waals surface area contributed by atoms with E-state index in [9.17, 15) is 0 Å². The van der Waals surface area contributed by atoms with Crippen molar-refractivity contribution in [2.24, 2.45) is 11.8 Å². The summed E-state index contributed by atoms with van der Waals surface area (Å²) in [5.74, 6) is 1.33. The number of nitrogens with zero attached hydrogens (tertiary/aromatic N) is 2. The molecule has 0 bridgehead atoms. The molecule has 0 aromatic carbocycles. The van der Waals surface area contributed by atoms with Gasteiger partial charge in [-0.3, -0.25) is 4.90 Å². The van der Waals surface area contributed by atoms with Gasteiger partial charge in [-0.2, -0.15) is 0 Å². The Balaban J connectivity index is 1.58. The van der Waals surface area contributed by atoms with Crippen LogP contribution in [0.2, 0.25) is 0 Å². The van der Waals surface area contributed by atoms with Gasteiger partial charge in [0.1, 0.15) is 0 Å². The zero-order chi connectivity index (χ0) is 15.5. The predicted octanol–water partition coefficient (Wildman–Crippen LogP) is 3.10. The Morgan fingerprint density at radius 1 is 1.41 bits per heavy atom. The molecule has 22 heavy (non-hydrogen) atoms. The summed E-state index contributed by atoms with van der Waals surface area (Å²) in [6.45, 7) is 11.2. The monoisotopic (exact) mass is 324 g/mol. The van der Waals surface area contributed by atoms with Gasteiger partial charge in [-0.15, -0.1) is 11.3 Å². The van der Waals surface area contributed by atoms with Crippen LogP contribution in [-0.2, 0) is 16.1 Å². The van der Waals surface area contributed by atoms with Crippen LogP contribution >= 0.6 is 11.3 Å². The second kappa shape index (κ2) is 7.39. The SMILES string of the molecule is CCC(CC)CN1C[C@@H](OCc2csc(C)n2)[C@H]2COC[C@H]21. The Hall–Kier alpha value is -0.490. The molecule has 0 spiro atoms. The van der Waals surface area contributed by atoms with Crippen molar-refractivity contribution in [2.45, 2.75) is 52.4 Å². The van der Waals surface area contributed by atoms with Crippen LogP contribution < -0.4 is 0 Å². The first-order chi connectivity index (χ1) is 10.7. The lowest BCUT2D eigenvalue weighted by Crippen LogP contribution is -2.36. The largest absolute Gasteiger partial charge is 0.379 e. The maximum Gasteiger partial charge on any atom is 0.0901 e. The summed E-state index contributed by atoms with van der Waals surface area (Å²) in [7, 11) is 0. The molecular formula is C17H28N2O2S. The standard InChI is InChI=1S/C17H28N2O2S/c1-4-13(5-2)6-19-7-17(15-9-20-10-16(15)19)21-8-14-11-22-12(3)18-14/h11,13,15-17H,4-10H2,1-3H3/t15-,16+,17+/m0/s1. The van der Waals surface area contributed by atoms with E-state index in [1.165, 1.54) is 19.4 Å². The highest BCUT2D eigenvalue weighted by atomic mass is 32.1. The highest BCUT2D eigenvalue weighted by molar-refractivity contribution is 7.09. The van der Waals surface area contributed by atoms with Gasteiger partial charge < -0.3 is 9.47 Å². The van der Waals surface area contributed by atoms with E-state index >= 15 is 0 Å². The third kappa shape index (κ3) is 3.53. The quantitative estimate of drug-likeness (QED) is 0.772. The Labute approximate surface area is 137 Å². The summed E-state index contributed by atoms with van der Waals surface area (Å²) < 4.78 is 12.0. The second-order valence-electron chi connectivity index (χ2n) is 6.61. The van der Waals surface area contributed by atoms with E-state index in [1.54, 1.807) is 11.3 Å². The molecule has 4 nitrogen and oxygen atoms in total. The fourth-order valence-corrected chi connectivity index (χ4v) is 4.32. The molecule has 0 radical (unpaired) electrons. The molecule has 5 heteroatoms. The molecule has 3 atom stereocenters. The average Bonchev–Trinajstić information content (AvgIpc) is 3.21. The van der Waals surface area contributed by atoms with Crippen LogP contribution in [0.4, 0.5) is 0 Å². The van der Waals surface area contributed by atoms with Gasteiger partial charge in [-0.05, 0) is 12.8 Å². The first kappa shape index (κ1) is 16.4. The molecule has 2 aliphatic heterocycles. The minimum Gasteiger partial charge on any atom is -0.379 e. The number of thiazole rings is 1. The molecule has 0 amide bonds. The van der Waals surface area contributed by atoms with Crippen LogP contribution in [0.1, 0.15) is 37.4 Å². The summed E-state index contributed by atoms with van der Waals surface area (Å²) in [6, 6.07) is 0.558. The lowest BCUT2D eigenvalue weighted by molar-refractivity contribution is 0.00710. The molecule has 0 saturated carbocycles. The van der Waals surface area contributed by atoms with Gasteiger partial charge in [0.25, 0.3) is 0 Å². The van der Waals surface area contributed by atoms with Crippen molar-refractivity contribution in [3.8, 4) is 0 Å². The molecule has 1 aromatic rings. The topological polar surface area (TPSA) is 34.6 Å². The fraction of sp³-hybridized carbons (Fsp3) is 0.824. The fourth-order valence-electron chi connectivity index (χ4n) is 3.72. The minimum absolute atomic E-state index is 0.295. The number of ether oxygens (including phenoxy) is 2. The summed E-state index contributed by atoms with van der Waals surface area (Å²) in [5, 5.41) is 3.22. The maximum atomic E-state index is 6.22. The number of likely N-dealkylation sites (tertiary alicyclic amines) is 1. The summed E-state index contributed by atoms with van der Waals surface area (Å²) in [4.78, 5) is 7.12. The average molecular weight is 324 g/mol. The van der Waals surface area contributed by atoms with Crippen LogP contribution in [-0.4, -0.2) is 48.3 Å². The van der Waals surface area contributed by atoms with Crippen LogP contribution in [0.25, 0.3) is 0 Å². The molecule has 0 unspecified atom stereocenters. The van der Waals surface area contributed by atoms with Crippen molar-refractivity contribution in [1.29, 1.82) is 0 Å². The van der Waals surface area contributed by atoms with Crippen molar-refractivity contribution < 1.29 is 9.47 Å². The van der Waals surface area contributed by atoms with Crippen LogP contribution in [0.5, 0.6) is 0 Å². The highest BCUT2D eigenvalue weighted by Crippen LogP contribution is 2.33. The van der Waals surface area contributed by atoms with E-state index in [2.05, 4.69) is 29.1 Å². The van der Waals surface area contributed by atoms with Crippen LogP contribution in [0, 0.1) is 18.8 Å². The van der Waals surface area contributed by atoms with Crippen molar-refractivity contribution >= 4 is 11.3 Å². The number of fused-ring (bicyclic) bond motifs is 1. The number of hydrogen-bond acceptors (Lipinski definition) is 5. The lowest BCUT2D eigenvalue weighted by atomic mass is 10.0. The van der Waals surface area contributed by atoms with Gasteiger partial charge in [0.05, 0.1) is 36.6 Å². The molecule has 2 fully saturated rings. The van der Waals surface area contributed by atoms with E-state index in [-0.39, 0.29) is 0 Å². The normalized spacial score (nSPS) is 28.6. The van der Waals surface area contributed by atoms with Crippen LogP contribution in [0.3, 0.4) is 0 Å². The summed E-state index contributed by atoms with van der Waals surface area (Å²) in [6.07, 6.45) is 2.81. The van der Waals surface area contributed by atoms with E-state index in [4.69, 9.17) is 9.47 Å². The van der Waals surface area contributed by atoms with Crippen LogP contribution in [0.15, 0.2) is 5.38 Å². The summed E-state index contributed by atoms with van der Waals surface area (Å²) in [5.41, 5.74) is 1.07. The van der Waals surface area contributed by atoms with Gasteiger partial charge in [0.2, 0.25) is 0 Å². The molecule has 1 aromatic heterocycles. The smallest absolute Gasteiger partial charge is 0.0901 e. The molecule has 2 aliphatic rings. The zero-order valence-electron chi connectivity index (χ0n) is 14.0. The van der Waals surface area contributed by atoms with E-state index in [0.717, 1.165) is 36.4 Å². The molecule has 3 rings (SSSR count). The number of rotatable bonds is 7.